The number of anilines is 2. The van der Waals surface area contributed by atoms with E-state index in [0.717, 1.165) is 18.8 Å². The zero-order valence-corrected chi connectivity index (χ0v) is 10.4. The van der Waals surface area contributed by atoms with Crippen LogP contribution >= 0.6 is 11.9 Å². The van der Waals surface area contributed by atoms with Crippen molar-refractivity contribution in [2.24, 2.45) is 0 Å². The van der Waals surface area contributed by atoms with Crippen LogP contribution in [0.25, 0.3) is 0 Å². The third kappa shape index (κ3) is 4.01. The molecule has 2 N–H and O–H groups in total. The van der Waals surface area contributed by atoms with Gasteiger partial charge in [-0.3, -0.25) is 0 Å². The van der Waals surface area contributed by atoms with E-state index in [1.807, 2.05) is 12.1 Å². The lowest BCUT2D eigenvalue weighted by Gasteiger charge is -2.23. The van der Waals surface area contributed by atoms with Crippen LogP contribution in [0, 0.1) is 0 Å². The molecular weight excluding hydrogens is 206 g/mol. The summed E-state index contributed by atoms with van der Waals surface area (Å²) in [6.45, 7) is 2.06. The minimum Gasteiger partial charge on any atom is -0.399 e. The lowest BCUT2D eigenvalue weighted by atomic mass is 10.3. The molecule has 0 fully saturated rings. The summed E-state index contributed by atoms with van der Waals surface area (Å²) in [5.74, 6) is 0. The fourth-order valence-electron chi connectivity index (χ4n) is 1.26. The SMILES string of the molecule is CSN(CCN(C)C)c1ccc(N)cc1. The van der Waals surface area contributed by atoms with E-state index in [9.17, 15) is 0 Å². The molecular formula is C11H19N3S. The quantitative estimate of drug-likeness (QED) is 0.613. The second-order valence-electron chi connectivity index (χ2n) is 3.68. The molecule has 0 aromatic heterocycles. The Bertz CT molecular complexity index is 284. The molecule has 0 amide bonds. The summed E-state index contributed by atoms with van der Waals surface area (Å²) in [4.78, 5) is 2.18. The third-order valence-corrected chi connectivity index (χ3v) is 2.99. The largest absolute Gasteiger partial charge is 0.399 e. The highest BCUT2D eigenvalue weighted by Gasteiger charge is 2.04. The molecule has 0 atom stereocenters. The molecule has 0 aliphatic heterocycles. The summed E-state index contributed by atoms with van der Waals surface area (Å²) >= 11 is 1.74. The monoisotopic (exact) mass is 225 g/mol. The Labute approximate surface area is 96.4 Å². The average molecular weight is 225 g/mol. The summed E-state index contributed by atoms with van der Waals surface area (Å²) < 4.78 is 2.26. The van der Waals surface area contributed by atoms with E-state index in [1.165, 1.54) is 5.69 Å². The number of benzene rings is 1. The molecule has 15 heavy (non-hydrogen) atoms. The van der Waals surface area contributed by atoms with Gasteiger partial charge in [-0.15, -0.1) is 0 Å². The highest BCUT2D eigenvalue weighted by atomic mass is 32.2. The second kappa shape index (κ2) is 5.88. The first-order valence-electron chi connectivity index (χ1n) is 4.95. The van der Waals surface area contributed by atoms with Crippen molar-refractivity contribution in [1.82, 2.24) is 4.90 Å². The van der Waals surface area contributed by atoms with Crippen LogP contribution in [0.3, 0.4) is 0 Å². The number of hydrogen-bond acceptors (Lipinski definition) is 4. The van der Waals surface area contributed by atoms with Crippen molar-refractivity contribution in [2.45, 2.75) is 0 Å². The molecule has 0 unspecified atom stereocenters. The van der Waals surface area contributed by atoms with Gasteiger partial charge in [-0.1, -0.05) is 11.9 Å². The third-order valence-electron chi connectivity index (χ3n) is 2.15. The van der Waals surface area contributed by atoms with Gasteiger partial charge in [0.05, 0.1) is 0 Å². The zero-order valence-electron chi connectivity index (χ0n) is 9.60. The topological polar surface area (TPSA) is 32.5 Å². The first kappa shape index (κ1) is 12.2. The Balaban J connectivity index is 2.61. The second-order valence-corrected chi connectivity index (χ2v) is 4.49. The molecule has 0 radical (unpaired) electrons. The Morgan fingerprint density at radius 2 is 1.73 bits per heavy atom. The maximum absolute atomic E-state index is 5.66. The molecule has 1 aromatic carbocycles. The van der Waals surface area contributed by atoms with Gasteiger partial charge in [-0.25, -0.2) is 0 Å². The lowest BCUT2D eigenvalue weighted by molar-refractivity contribution is 0.421. The number of nitrogen functional groups attached to an aromatic ring is 1. The molecule has 1 aromatic rings. The molecule has 0 aliphatic rings. The lowest BCUT2D eigenvalue weighted by Crippen LogP contribution is -2.26. The fraction of sp³-hybridized carbons (Fsp3) is 0.455. The minimum atomic E-state index is 0.812. The van der Waals surface area contributed by atoms with Crippen molar-refractivity contribution in [2.75, 3.05) is 43.5 Å². The van der Waals surface area contributed by atoms with Crippen LogP contribution in [0.5, 0.6) is 0 Å². The predicted molar refractivity (Wildman–Crippen MR) is 70.3 cm³/mol. The van der Waals surface area contributed by atoms with E-state index < -0.39 is 0 Å². The summed E-state index contributed by atoms with van der Waals surface area (Å²) in [5.41, 5.74) is 7.68. The van der Waals surface area contributed by atoms with E-state index in [2.05, 4.69) is 41.7 Å². The van der Waals surface area contributed by atoms with Crippen molar-refractivity contribution in [3.05, 3.63) is 24.3 Å². The van der Waals surface area contributed by atoms with E-state index in [-0.39, 0.29) is 0 Å². The Kier molecular flexibility index (Phi) is 4.78. The van der Waals surface area contributed by atoms with Gasteiger partial charge in [-0.05, 0) is 38.4 Å². The highest BCUT2D eigenvalue weighted by Crippen LogP contribution is 2.21. The van der Waals surface area contributed by atoms with Crippen molar-refractivity contribution >= 4 is 23.3 Å². The molecule has 84 valence electrons. The van der Waals surface area contributed by atoms with Crippen LogP contribution in [0.4, 0.5) is 11.4 Å². The summed E-state index contributed by atoms with van der Waals surface area (Å²) in [6, 6.07) is 7.99. The van der Waals surface area contributed by atoms with Crippen molar-refractivity contribution in [3.8, 4) is 0 Å². The molecule has 0 aliphatic carbocycles. The molecule has 0 saturated carbocycles. The van der Waals surface area contributed by atoms with Gasteiger partial charge in [0, 0.05) is 30.7 Å². The smallest absolute Gasteiger partial charge is 0.0471 e. The molecule has 4 heteroatoms. The maximum Gasteiger partial charge on any atom is 0.0471 e. The molecule has 0 saturated heterocycles. The summed E-state index contributed by atoms with van der Waals surface area (Å²) in [5, 5.41) is 0. The minimum absolute atomic E-state index is 0.812. The number of hydrogen-bond donors (Lipinski definition) is 1. The van der Waals surface area contributed by atoms with Crippen molar-refractivity contribution < 1.29 is 0 Å². The van der Waals surface area contributed by atoms with E-state index in [1.54, 1.807) is 11.9 Å². The summed E-state index contributed by atoms with van der Waals surface area (Å²) in [6.07, 6.45) is 2.09. The van der Waals surface area contributed by atoms with Gasteiger partial charge >= 0.3 is 0 Å². The van der Waals surface area contributed by atoms with Gasteiger partial charge in [0.1, 0.15) is 0 Å². The first-order valence-corrected chi connectivity index (χ1v) is 6.13. The fourth-order valence-corrected chi connectivity index (χ4v) is 1.85. The van der Waals surface area contributed by atoms with Crippen LogP contribution in [-0.2, 0) is 0 Å². The Morgan fingerprint density at radius 3 is 2.20 bits per heavy atom. The van der Waals surface area contributed by atoms with E-state index >= 15 is 0 Å². The van der Waals surface area contributed by atoms with E-state index in [0.29, 0.717) is 0 Å². The Hall–Kier alpha value is -0.870. The van der Waals surface area contributed by atoms with Crippen LogP contribution in [0.15, 0.2) is 24.3 Å². The summed E-state index contributed by atoms with van der Waals surface area (Å²) in [7, 11) is 4.17. The standard InChI is InChI=1S/C11H19N3S/c1-13(2)8-9-14(15-3)11-6-4-10(12)5-7-11/h4-7H,8-9,12H2,1-3H3. The molecule has 0 bridgehead atoms. The van der Waals surface area contributed by atoms with Gasteiger partial charge in [-0.2, -0.15) is 0 Å². The maximum atomic E-state index is 5.66. The number of nitrogens with two attached hydrogens (primary N) is 1. The van der Waals surface area contributed by atoms with Gasteiger partial charge in [0.2, 0.25) is 0 Å². The van der Waals surface area contributed by atoms with Crippen LogP contribution in [0.1, 0.15) is 0 Å². The van der Waals surface area contributed by atoms with Crippen LogP contribution < -0.4 is 10.0 Å². The van der Waals surface area contributed by atoms with Gasteiger partial charge < -0.3 is 14.9 Å². The highest BCUT2D eigenvalue weighted by molar-refractivity contribution is 7.99. The van der Waals surface area contributed by atoms with Crippen molar-refractivity contribution in [3.63, 3.8) is 0 Å². The van der Waals surface area contributed by atoms with E-state index in [4.69, 9.17) is 5.73 Å². The molecule has 0 heterocycles. The van der Waals surface area contributed by atoms with Gasteiger partial charge in [0.25, 0.3) is 0 Å². The number of rotatable bonds is 5. The zero-order chi connectivity index (χ0) is 11.3. The van der Waals surface area contributed by atoms with Gasteiger partial charge in [0.15, 0.2) is 0 Å². The van der Waals surface area contributed by atoms with Crippen molar-refractivity contribution in [1.29, 1.82) is 0 Å². The van der Waals surface area contributed by atoms with Crippen LogP contribution in [-0.4, -0.2) is 38.3 Å². The normalized spacial score (nSPS) is 10.7. The molecule has 0 spiro atoms. The number of nitrogens with zero attached hydrogens (tertiary/aromatic N) is 2. The Morgan fingerprint density at radius 1 is 1.13 bits per heavy atom. The average Bonchev–Trinajstić information content (AvgIpc) is 2.21. The molecule has 3 nitrogen and oxygen atoms in total. The van der Waals surface area contributed by atoms with Crippen LogP contribution in [0.2, 0.25) is 0 Å². The molecule has 1 rings (SSSR count). The number of likely N-dealkylation sites (N-methyl/N-ethyl adjacent to an activating group) is 1. The first-order chi connectivity index (χ1) is 7.13. The predicted octanol–water partition coefficient (Wildman–Crippen LogP) is 1.91.